The summed E-state index contributed by atoms with van der Waals surface area (Å²) in [6.45, 7) is 3.54. The molecule has 0 radical (unpaired) electrons. The molecule has 1 heterocycles. The van der Waals surface area contributed by atoms with Crippen molar-refractivity contribution in [2.45, 2.75) is 192 Å². The van der Waals surface area contributed by atoms with Gasteiger partial charge in [0.25, 0.3) is 0 Å². The Balaban J connectivity index is 2.32. The molecular formula is C55H87NO8. The van der Waals surface area contributed by atoms with E-state index in [0.29, 0.717) is 19.3 Å². The maximum absolute atomic E-state index is 13.0. The van der Waals surface area contributed by atoms with Crippen molar-refractivity contribution in [2.24, 2.45) is 0 Å². The van der Waals surface area contributed by atoms with Gasteiger partial charge in [-0.15, -0.1) is 0 Å². The highest BCUT2D eigenvalue weighted by Crippen LogP contribution is 2.22. The summed E-state index contributed by atoms with van der Waals surface area (Å²) in [6.07, 6.45) is 59.3. The van der Waals surface area contributed by atoms with Crippen LogP contribution in [-0.4, -0.2) is 87.5 Å². The predicted molar refractivity (Wildman–Crippen MR) is 267 cm³/mol. The Morgan fingerprint density at radius 2 is 0.984 bits per heavy atom. The predicted octanol–water partition coefficient (Wildman–Crippen LogP) is 11.0. The molecule has 0 bridgehead atoms. The van der Waals surface area contributed by atoms with Crippen LogP contribution in [0.2, 0.25) is 0 Å². The van der Waals surface area contributed by atoms with E-state index < -0.39 is 49.5 Å². The van der Waals surface area contributed by atoms with Gasteiger partial charge in [0.1, 0.15) is 24.4 Å². The van der Waals surface area contributed by atoms with Gasteiger partial charge in [0.05, 0.1) is 25.4 Å². The topological polar surface area (TPSA) is 149 Å². The van der Waals surface area contributed by atoms with E-state index in [0.717, 1.165) is 103 Å². The Hall–Kier alpha value is -3.67. The molecule has 64 heavy (non-hydrogen) atoms. The molecule has 0 aliphatic carbocycles. The van der Waals surface area contributed by atoms with Crippen molar-refractivity contribution in [3.05, 3.63) is 134 Å². The van der Waals surface area contributed by atoms with E-state index in [4.69, 9.17) is 9.47 Å². The first-order valence-corrected chi connectivity index (χ1v) is 24.4. The molecule has 7 unspecified atom stereocenters. The number of amides is 1. The molecule has 0 saturated carbocycles. The quantitative estimate of drug-likeness (QED) is 0.0265. The van der Waals surface area contributed by atoms with Crippen LogP contribution in [0.25, 0.3) is 0 Å². The van der Waals surface area contributed by atoms with Gasteiger partial charge < -0.3 is 40.3 Å². The molecule has 0 aromatic heterocycles. The summed E-state index contributed by atoms with van der Waals surface area (Å²) >= 11 is 0. The van der Waals surface area contributed by atoms with Crippen LogP contribution >= 0.6 is 0 Å². The Kier molecular flexibility index (Phi) is 39.4. The van der Waals surface area contributed by atoms with E-state index in [1.807, 2.05) is 6.08 Å². The van der Waals surface area contributed by atoms with Gasteiger partial charge in [-0.1, -0.05) is 173 Å². The van der Waals surface area contributed by atoms with Crippen LogP contribution in [0.5, 0.6) is 0 Å². The Bertz CT molecular complexity index is 1450. The zero-order chi connectivity index (χ0) is 46.6. The van der Waals surface area contributed by atoms with Crippen molar-refractivity contribution in [1.29, 1.82) is 0 Å². The lowest BCUT2D eigenvalue weighted by molar-refractivity contribution is -0.302. The number of aliphatic hydroxyl groups excluding tert-OH is 5. The average molecular weight is 890 g/mol. The minimum atomic E-state index is -1.59. The smallest absolute Gasteiger partial charge is 0.220 e. The molecule has 360 valence electrons. The number of nitrogens with one attached hydrogen (secondary N) is 1. The first kappa shape index (κ1) is 58.3. The van der Waals surface area contributed by atoms with Gasteiger partial charge in [0.2, 0.25) is 5.91 Å². The number of hydrogen-bond donors (Lipinski definition) is 6. The molecule has 9 heteroatoms. The normalized spacial score (nSPS) is 21.3. The molecule has 0 spiro atoms. The van der Waals surface area contributed by atoms with Gasteiger partial charge in [0, 0.05) is 6.42 Å². The van der Waals surface area contributed by atoms with Crippen LogP contribution in [-0.2, 0) is 14.3 Å². The van der Waals surface area contributed by atoms with Crippen molar-refractivity contribution >= 4 is 5.91 Å². The second-order valence-corrected chi connectivity index (χ2v) is 16.1. The standard InChI is InChI=1S/C55H87NO8/c1-3-5-7-9-11-13-15-17-18-19-20-21-22-23-24-25-26-27-28-29-30-31-32-33-35-37-39-41-43-45-51(59)56-48(47-63-55-54(62)53(61)52(60)50(46-57)64-55)49(58)44-42-40-38-36-34-16-14-12-10-8-6-4-2/h5,7,10-13,17-18,20-21,23-24,26-27,29-30,32-34,36,42,44,48-50,52-55,57-58,60-62H,3-4,6,8-9,14-16,19,22,25,28,31,35,37-41,43,45-47H2,1-2H3,(H,56,59)/b7-5-,12-10+,13-11-,18-17-,21-20-,24-23-,27-26-,30-29-,33-32-,36-34+,44-42+. The van der Waals surface area contributed by atoms with Gasteiger partial charge >= 0.3 is 0 Å². The van der Waals surface area contributed by atoms with E-state index in [9.17, 15) is 30.3 Å². The summed E-state index contributed by atoms with van der Waals surface area (Å²) in [7, 11) is 0. The van der Waals surface area contributed by atoms with E-state index in [1.54, 1.807) is 6.08 Å². The average Bonchev–Trinajstić information content (AvgIpc) is 3.29. The summed E-state index contributed by atoms with van der Waals surface area (Å²) in [5, 5.41) is 54.1. The van der Waals surface area contributed by atoms with Crippen molar-refractivity contribution in [2.75, 3.05) is 13.2 Å². The second-order valence-electron chi connectivity index (χ2n) is 16.1. The molecule has 1 amide bonds. The number of carbonyl (C=O) groups excluding carboxylic acids is 1. The first-order chi connectivity index (χ1) is 31.3. The third-order valence-electron chi connectivity index (χ3n) is 10.4. The lowest BCUT2D eigenvalue weighted by Gasteiger charge is -2.40. The number of allylic oxidation sites excluding steroid dienone is 21. The molecule has 0 aromatic rings. The van der Waals surface area contributed by atoms with Crippen molar-refractivity contribution in [1.82, 2.24) is 5.32 Å². The minimum absolute atomic E-state index is 0.225. The minimum Gasteiger partial charge on any atom is -0.394 e. The van der Waals surface area contributed by atoms with Crippen LogP contribution in [0.15, 0.2) is 134 Å². The van der Waals surface area contributed by atoms with Crippen LogP contribution in [0.3, 0.4) is 0 Å². The van der Waals surface area contributed by atoms with Crippen molar-refractivity contribution < 1.29 is 39.8 Å². The highest BCUT2D eigenvalue weighted by Gasteiger charge is 2.44. The molecule has 1 fully saturated rings. The molecule has 6 N–H and O–H groups in total. The molecule has 1 aliphatic rings. The third kappa shape index (κ3) is 32.9. The fourth-order valence-electron chi connectivity index (χ4n) is 6.54. The van der Waals surface area contributed by atoms with E-state index in [1.165, 1.54) is 12.8 Å². The molecule has 9 nitrogen and oxygen atoms in total. The number of ether oxygens (including phenoxy) is 2. The van der Waals surface area contributed by atoms with Gasteiger partial charge in [-0.3, -0.25) is 4.79 Å². The third-order valence-corrected chi connectivity index (χ3v) is 10.4. The number of unbranched alkanes of at least 4 members (excludes halogenated alkanes) is 8. The number of hydrogen-bond acceptors (Lipinski definition) is 8. The maximum Gasteiger partial charge on any atom is 0.220 e. The van der Waals surface area contributed by atoms with Crippen LogP contribution in [0.1, 0.15) is 149 Å². The molecule has 1 rings (SSSR count). The van der Waals surface area contributed by atoms with Gasteiger partial charge in [-0.05, 0) is 103 Å². The fraction of sp³-hybridized carbons (Fsp3) is 0.582. The van der Waals surface area contributed by atoms with Gasteiger partial charge in [-0.2, -0.15) is 0 Å². The second kappa shape index (κ2) is 43.2. The van der Waals surface area contributed by atoms with Crippen LogP contribution < -0.4 is 5.32 Å². The number of aliphatic hydroxyl groups is 5. The fourth-order valence-corrected chi connectivity index (χ4v) is 6.54. The Morgan fingerprint density at radius 1 is 0.547 bits per heavy atom. The molecule has 0 aromatic carbocycles. The zero-order valence-electron chi connectivity index (χ0n) is 39.5. The lowest BCUT2D eigenvalue weighted by atomic mass is 9.99. The highest BCUT2D eigenvalue weighted by atomic mass is 16.7. The van der Waals surface area contributed by atoms with Gasteiger partial charge in [0.15, 0.2) is 6.29 Å². The van der Waals surface area contributed by atoms with Gasteiger partial charge in [-0.25, -0.2) is 0 Å². The Morgan fingerprint density at radius 3 is 1.48 bits per heavy atom. The summed E-state index contributed by atoms with van der Waals surface area (Å²) in [4.78, 5) is 13.0. The molecule has 1 aliphatic heterocycles. The summed E-state index contributed by atoms with van der Waals surface area (Å²) < 4.78 is 11.2. The van der Waals surface area contributed by atoms with Crippen LogP contribution in [0, 0.1) is 0 Å². The zero-order valence-corrected chi connectivity index (χ0v) is 39.5. The largest absolute Gasteiger partial charge is 0.394 e. The molecule has 1 saturated heterocycles. The van der Waals surface area contributed by atoms with Crippen molar-refractivity contribution in [3.63, 3.8) is 0 Å². The first-order valence-electron chi connectivity index (χ1n) is 24.4. The summed E-state index contributed by atoms with van der Waals surface area (Å²) in [6, 6.07) is -0.851. The van der Waals surface area contributed by atoms with E-state index >= 15 is 0 Å². The molecule has 7 atom stereocenters. The van der Waals surface area contributed by atoms with Crippen molar-refractivity contribution in [3.8, 4) is 0 Å². The van der Waals surface area contributed by atoms with Crippen LogP contribution in [0.4, 0.5) is 0 Å². The number of rotatable bonds is 38. The maximum atomic E-state index is 13.0. The SMILES string of the molecule is CC/C=C\C/C=C\C/C=C\C/C=C\C/C=C\C/C=C\C/C=C\C/C=C\CCCCCCC(=O)NC(COC1OC(CO)C(O)C(O)C1O)C(O)/C=C/CC/C=C/CC/C=C/CCCC. The summed E-state index contributed by atoms with van der Waals surface area (Å²) in [5.74, 6) is -0.225. The van der Waals surface area contributed by atoms with E-state index in [-0.39, 0.29) is 12.5 Å². The van der Waals surface area contributed by atoms with E-state index in [2.05, 4.69) is 141 Å². The highest BCUT2D eigenvalue weighted by molar-refractivity contribution is 5.76. The molecular weight excluding hydrogens is 803 g/mol. The monoisotopic (exact) mass is 890 g/mol. The summed E-state index contributed by atoms with van der Waals surface area (Å²) in [5.41, 5.74) is 0. The Labute approximate surface area is 388 Å². The number of carbonyl (C=O) groups is 1. The lowest BCUT2D eigenvalue weighted by Crippen LogP contribution is -2.60.